The summed E-state index contributed by atoms with van der Waals surface area (Å²) in [5.74, 6) is 1.11. The first-order valence-electron chi connectivity index (χ1n) is 9.53. The maximum absolute atomic E-state index is 13.1. The molecule has 0 bridgehead atoms. The van der Waals surface area contributed by atoms with Gasteiger partial charge in [0.2, 0.25) is 0 Å². The third-order valence-corrected chi connectivity index (χ3v) is 4.53. The van der Waals surface area contributed by atoms with Crippen LogP contribution in [0.3, 0.4) is 0 Å². The molecule has 0 saturated carbocycles. The number of hydrogen-bond donors (Lipinski definition) is 2. The fraction of sp³-hybridized carbons (Fsp3) is 0.0417. The molecule has 6 nitrogen and oxygen atoms in total. The van der Waals surface area contributed by atoms with Crippen molar-refractivity contribution in [2.45, 2.75) is 0 Å². The molecule has 7 heteroatoms. The van der Waals surface area contributed by atoms with Gasteiger partial charge in [-0.25, -0.2) is 14.4 Å². The molecule has 1 heterocycles. The lowest BCUT2D eigenvalue weighted by atomic mass is 10.2. The molecule has 0 aliphatic heterocycles. The van der Waals surface area contributed by atoms with Crippen LogP contribution in [0.25, 0.3) is 11.4 Å². The molecule has 2 N–H and O–H groups in total. The standard InChI is InChI=1S/C24H19FN4O2/c1-31-21-5-3-2-4-20(21)28-24(30)17-8-12-19(13-9-17)27-22-14-15-26-23(29-22)16-6-10-18(25)11-7-16/h2-15H,1H3,(H,28,30)(H,26,27,29). The van der Waals surface area contributed by atoms with E-state index < -0.39 is 0 Å². The van der Waals surface area contributed by atoms with Crippen LogP contribution in [0.15, 0.2) is 85.1 Å². The van der Waals surface area contributed by atoms with Crippen molar-refractivity contribution >= 4 is 23.1 Å². The maximum atomic E-state index is 13.1. The van der Waals surface area contributed by atoms with Gasteiger partial charge in [-0.2, -0.15) is 0 Å². The van der Waals surface area contributed by atoms with Gasteiger partial charge in [0.15, 0.2) is 5.82 Å². The zero-order valence-corrected chi connectivity index (χ0v) is 16.7. The quantitative estimate of drug-likeness (QED) is 0.449. The molecule has 0 radical (unpaired) electrons. The van der Waals surface area contributed by atoms with Gasteiger partial charge >= 0.3 is 0 Å². The van der Waals surface area contributed by atoms with Gasteiger partial charge in [-0.05, 0) is 66.7 Å². The summed E-state index contributed by atoms with van der Waals surface area (Å²) >= 11 is 0. The third kappa shape index (κ3) is 4.84. The van der Waals surface area contributed by atoms with E-state index in [4.69, 9.17) is 4.74 Å². The molecule has 0 aliphatic carbocycles. The minimum atomic E-state index is -0.312. The van der Waals surface area contributed by atoms with Crippen LogP contribution >= 0.6 is 0 Å². The number of carbonyl (C=O) groups excluding carboxylic acids is 1. The van der Waals surface area contributed by atoms with Crippen molar-refractivity contribution in [1.29, 1.82) is 0 Å². The lowest BCUT2D eigenvalue weighted by molar-refractivity contribution is 0.102. The minimum Gasteiger partial charge on any atom is -0.495 e. The molecule has 0 aliphatic rings. The lowest BCUT2D eigenvalue weighted by Gasteiger charge is -2.11. The first-order valence-corrected chi connectivity index (χ1v) is 9.53. The lowest BCUT2D eigenvalue weighted by Crippen LogP contribution is -2.12. The van der Waals surface area contributed by atoms with Crippen LogP contribution in [0.2, 0.25) is 0 Å². The number of carbonyl (C=O) groups is 1. The van der Waals surface area contributed by atoms with E-state index in [1.165, 1.54) is 12.1 Å². The Morgan fingerprint density at radius 1 is 0.935 bits per heavy atom. The van der Waals surface area contributed by atoms with Gasteiger partial charge in [0, 0.05) is 23.0 Å². The summed E-state index contributed by atoms with van der Waals surface area (Å²) in [5.41, 5.74) is 2.59. The van der Waals surface area contributed by atoms with Crippen molar-refractivity contribution in [3.8, 4) is 17.1 Å². The highest BCUT2D eigenvalue weighted by Gasteiger charge is 2.10. The Labute approximate surface area is 178 Å². The van der Waals surface area contributed by atoms with Gasteiger partial charge < -0.3 is 15.4 Å². The number of nitrogens with one attached hydrogen (secondary N) is 2. The van der Waals surface area contributed by atoms with Crippen molar-refractivity contribution in [2.24, 2.45) is 0 Å². The van der Waals surface area contributed by atoms with Gasteiger partial charge in [-0.15, -0.1) is 0 Å². The molecule has 1 aromatic heterocycles. The molecule has 0 spiro atoms. The largest absolute Gasteiger partial charge is 0.495 e. The van der Waals surface area contributed by atoms with Gasteiger partial charge in [-0.1, -0.05) is 12.1 Å². The van der Waals surface area contributed by atoms with Gasteiger partial charge in [0.05, 0.1) is 12.8 Å². The fourth-order valence-corrected chi connectivity index (χ4v) is 2.96. The van der Waals surface area contributed by atoms with E-state index in [1.807, 2.05) is 12.1 Å². The van der Waals surface area contributed by atoms with E-state index in [0.29, 0.717) is 34.2 Å². The van der Waals surface area contributed by atoms with Crippen molar-refractivity contribution in [1.82, 2.24) is 9.97 Å². The minimum absolute atomic E-state index is 0.239. The summed E-state index contributed by atoms with van der Waals surface area (Å²) in [7, 11) is 1.56. The average Bonchev–Trinajstić information content (AvgIpc) is 2.80. The second-order valence-corrected chi connectivity index (χ2v) is 6.63. The Kier molecular flexibility index (Phi) is 5.84. The summed E-state index contributed by atoms with van der Waals surface area (Å²) in [4.78, 5) is 21.2. The summed E-state index contributed by atoms with van der Waals surface area (Å²) in [6, 6.07) is 22.0. The van der Waals surface area contributed by atoms with Gasteiger partial charge in [0.1, 0.15) is 17.4 Å². The van der Waals surface area contributed by atoms with Crippen LogP contribution < -0.4 is 15.4 Å². The Hall–Kier alpha value is -4.26. The SMILES string of the molecule is COc1ccccc1NC(=O)c1ccc(Nc2ccnc(-c3ccc(F)cc3)n2)cc1. The van der Waals surface area contributed by atoms with E-state index in [0.717, 1.165) is 5.69 Å². The predicted molar refractivity (Wildman–Crippen MR) is 118 cm³/mol. The summed E-state index contributed by atoms with van der Waals surface area (Å²) in [6.45, 7) is 0. The molecule has 31 heavy (non-hydrogen) atoms. The molecule has 4 aromatic rings. The average molecular weight is 414 g/mol. The number of nitrogens with zero attached hydrogens (tertiary/aromatic N) is 2. The highest BCUT2D eigenvalue weighted by Crippen LogP contribution is 2.24. The van der Waals surface area contributed by atoms with E-state index in [9.17, 15) is 9.18 Å². The first kappa shape index (κ1) is 20.0. The molecule has 0 fully saturated rings. The Morgan fingerprint density at radius 2 is 1.68 bits per heavy atom. The number of halogens is 1. The number of benzene rings is 3. The fourth-order valence-electron chi connectivity index (χ4n) is 2.96. The Bertz CT molecular complexity index is 1190. The summed E-state index contributed by atoms with van der Waals surface area (Å²) in [6.07, 6.45) is 1.63. The molecular weight excluding hydrogens is 395 g/mol. The molecule has 154 valence electrons. The van der Waals surface area contributed by atoms with E-state index >= 15 is 0 Å². The summed E-state index contributed by atoms with van der Waals surface area (Å²) in [5, 5.41) is 6.03. The van der Waals surface area contributed by atoms with Crippen LogP contribution in [0.1, 0.15) is 10.4 Å². The van der Waals surface area contributed by atoms with Crippen molar-refractivity contribution in [3.63, 3.8) is 0 Å². The molecule has 0 unspecified atom stereocenters. The van der Waals surface area contributed by atoms with Crippen LogP contribution in [-0.2, 0) is 0 Å². The van der Waals surface area contributed by atoms with Gasteiger partial charge in [0.25, 0.3) is 5.91 Å². The van der Waals surface area contributed by atoms with E-state index in [2.05, 4.69) is 20.6 Å². The highest BCUT2D eigenvalue weighted by atomic mass is 19.1. The number of anilines is 3. The number of para-hydroxylation sites is 2. The Balaban J connectivity index is 1.46. The maximum Gasteiger partial charge on any atom is 0.255 e. The summed E-state index contributed by atoms with van der Waals surface area (Å²) < 4.78 is 18.4. The number of aromatic nitrogens is 2. The topological polar surface area (TPSA) is 76.1 Å². The normalized spacial score (nSPS) is 10.4. The smallest absolute Gasteiger partial charge is 0.255 e. The van der Waals surface area contributed by atoms with Crippen LogP contribution in [0.5, 0.6) is 5.75 Å². The third-order valence-electron chi connectivity index (χ3n) is 4.53. The monoisotopic (exact) mass is 414 g/mol. The number of rotatable bonds is 6. The molecule has 4 rings (SSSR count). The second-order valence-electron chi connectivity index (χ2n) is 6.63. The second kappa shape index (κ2) is 9.04. The first-order chi connectivity index (χ1) is 15.1. The zero-order valence-electron chi connectivity index (χ0n) is 16.7. The number of ether oxygens (including phenoxy) is 1. The highest BCUT2D eigenvalue weighted by molar-refractivity contribution is 6.05. The van der Waals surface area contributed by atoms with Crippen molar-refractivity contribution in [2.75, 3.05) is 17.7 Å². The Morgan fingerprint density at radius 3 is 2.42 bits per heavy atom. The van der Waals surface area contributed by atoms with Crippen LogP contribution in [0.4, 0.5) is 21.6 Å². The molecular formula is C24H19FN4O2. The van der Waals surface area contributed by atoms with Crippen LogP contribution in [0, 0.1) is 5.82 Å². The molecule has 0 atom stereocenters. The van der Waals surface area contributed by atoms with Gasteiger partial charge in [-0.3, -0.25) is 4.79 Å². The number of amides is 1. The van der Waals surface area contributed by atoms with Crippen LogP contribution in [-0.4, -0.2) is 23.0 Å². The number of methoxy groups -OCH3 is 1. The number of hydrogen-bond acceptors (Lipinski definition) is 5. The van der Waals surface area contributed by atoms with Crippen molar-refractivity contribution in [3.05, 3.63) is 96.4 Å². The predicted octanol–water partition coefficient (Wildman–Crippen LogP) is 5.29. The molecule has 1 amide bonds. The molecule has 0 saturated heterocycles. The van der Waals surface area contributed by atoms with E-state index in [-0.39, 0.29) is 11.7 Å². The zero-order chi connectivity index (χ0) is 21.6. The van der Waals surface area contributed by atoms with Crippen molar-refractivity contribution < 1.29 is 13.9 Å². The van der Waals surface area contributed by atoms with E-state index in [1.54, 1.807) is 67.9 Å². The molecule has 3 aromatic carbocycles.